The van der Waals surface area contributed by atoms with Crippen LogP contribution < -0.4 is 19.3 Å². The van der Waals surface area contributed by atoms with Crippen molar-refractivity contribution in [1.29, 1.82) is 0 Å². The first-order chi connectivity index (χ1) is 16.7. The van der Waals surface area contributed by atoms with Gasteiger partial charge in [-0.2, -0.15) is 0 Å². The van der Waals surface area contributed by atoms with E-state index in [9.17, 15) is 0 Å². The predicted molar refractivity (Wildman–Crippen MR) is 140 cm³/mol. The molecular formula is C30H24N2O2. The molecule has 4 nitrogen and oxygen atoms in total. The van der Waals surface area contributed by atoms with E-state index in [0.29, 0.717) is 0 Å². The first-order valence-corrected chi connectivity index (χ1v) is 11.3. The highest BCUT2D eigenvalue weighted by atomic mass is 16.5. The Morgan fingerprint density at radius 1 is 0.529 bits per heavy atom. The molecular weight excluding hydrogens is 420 g/mol. The highest BCUT2D eigenvalue weighted by molar-refractivity contribution is 6.06. The van der Waals surface area contributed by atoms with E-state index >= 15 is 0 Å². The van der Waals surface area contributed by atoms with Crippen LogP contribution in [-0.4, -0.2) is 14.1 Å². The smallest absolute Gasteiger partial charge is 0.161 e. The first kappa shape index (κ1) is 20.2. The van der Waals surface area contributed by atoms with Crippen LogP contribution in [0, 0.1) is 0 Å². The van der Waals surface area contributed by atoms with Gasteiger partial charge in [-0.15, -0.1) is 0 Å². The number of nitrogens with zero attached hydrogens (tertiary/aromatic N) is 2. The summed E-state index contributed by atoms with van der Waals surface area (Å²) in [5, 5.41) is 2.20. The third kappa shape index (κ3) is 3.32. The molecule has 0 N–H and O–H groups in total. The second-order valence-corrected chi connectivity index (χ2v) is 8.37. The Bertz CT molecular complexity index is 1480. The van der Waals surface area contributed by atoms with Crippen LogP contribution in [0.5, 0.6) is 23.0 Å². The molecule has 1 aliphatic rings. The molecule has 6 rings (SSSR count). The molecule has 0 aliphatic carbocycles. The van der Waals surface area contributed by atoms with Gasteiger partial charge < -0.3 is 19.3 Å². The number of anilines is 4. The van der Waals surface area contributed by atoms with E-state index in [1.807, 2.05) is 72.8 Å². The summed E-state index contributed by atoms with van der Waals surface area (Å²) in [6.07, 6.45) is 0. The third-order valence-electron chi connectivity index (χ3n) is 6.26. The fourth-order valence-electron chi connectivity index (χ4n) is 4.64. The number of benzene rings is 5. The lowest BCUT2D eigenvalue weighted by atomic mass is 10.0. The maximum Gasteiger partial charge on any atom is 0.161 e. The van der Waals surface area contributed by atoms with Gasteiger partial charge in [0, 0.05) is 19.5 Å². The Labute approximate surface area is 199 Å². The number of fused-ring (bicyclic) bond motifs is 3. The molecule has 0 unspecified atom stereocenters. The van der Waals surface area contributed by atoms with Gasteiger partial charge in [-0.05, 0) is 47.9 Å². The molecule has 0 bridgehead atoms. The van der Waals surface area contributed by atoms with Gasteiger partial charge in [-0.3, -0.25) is 0 Å². The number of rotatable bonds is 4. The molecule has 0 saturated carbocycles. The van der Waals surface area contributed by atoms with Crippen molar-refractivity contribution in [3.8, 4) is 23.0 Å². The topological polar surface area (TPSA) is 24.9 Å². The minimum atomic E-state index is 0.808. The van der Waals surface area contributed by atoms with Crippen molar-refractivity contribution < 1.29 is 9.47 Å². The van der Waals surface area contributed by atoms with Gasteiger partial charge in [-0.1, -0.05) is 66.7 Å². The van der Waals surface area contributed by atoms with E-state index in [0.717, 1.165) is 56.5 Å². The lowest BCUT2D eigenvalue weighted by molar-refractivity contribution is 0.482. The fraction of sp³-hybridized carbons (Fsp3) is 0.0667. The molecule has 5 aromatic carbocycles. The van der Waals surface area contributed by atoms with Crippen molar-refractivity contribution in [3.05, 3.63) is 109 Å². The highest BCUT2D eigenvalue weighted by Crippen LogP contribution is 2.56. The Balaban J connectivity index is 1.54. The van der Waals surface area contributed by atoms with E-state index in [1.165, 1.54) is 0 Å². The second-order valence-electron chi connectivity index (χ2n) is 8.37. The van der Waals surface area contributed by atoms with Crippen molar-refractivity contribution in [2.75, 3.05) is 23.9 Å². The van der Waals surface area contributed by atoms with Crippen LogP contribution in [0.25, 0.3) is 10.8 Å². The number of hydrogen-bond donors (Lipinski definition) is 0. The normalized spacial score (nSPS) is 12.3. The quantitative estimate of drug-likeness (QED) is 0.278. The summed E-state index contributed by atoms with van der Waals surface area (Å²) in [5.74, 6) is 3.27. The predicted octanol–water partition coefficient (Wildman–Crippen LogP) is 8.27. The average molecular weight is 445 g/mol. The Hall–Kier alpha value is -4.44. The summed E-state index contributed by atoms with van der Waals surface area (Å²) in [7, 11) is 4.17. The number of ether oxygens (including phenoxy) is 2. The Morgan fingerprint density at radius 3 is 1.88 bits per heavy atom. The van der Waals surface area contributed by atoms with Crippen molar-refractivity contribution >= 4 is 33.5 Å². The molecule has 1 aliphatic heterocycles. The van der Waals surface area contributed by atoms with Crippen LogP contribution in [0.4, 0.5) is 22.7 Å². The third-order valence-corrected chi connectivity index (χ3v) is 6.26. The van der Waals surface area contributed by atoms with Crippen molar-refractivity contribution in [2.24, 2.45) is 0 Å². The van der Waals surface area contributed by atoms with Gasteiger partial charge in [0.05, 0.1) is 11.4 Å². The monoisotopic (exact) mass is 444 g/mol. The van der Waals surface area contributed by atoms with Crippen LogP contribution in [0.15, 0.2) is 109 Å². The van der Waals surface area contributed by atoms with E-state index in [-0.39, 0.29) is 0 Å². The van der Waals surface area contributed by atoms with Gasteiger partial charge in [0.1, 0.15) is 22.9 Å². The van der Waals surface area contributed by atoms with Crippen LogP contribution in [-0.2, 0) is 0 Å². The van der Waals surface area contributed by atoms with Gasteiger partial charge in [0.25, 0.3) is 0 Å². The molecule has 34 heavy (non-hydrogen) atoms. The Kier molecular flexibility index (Phi) is 4.84. The SMILES string of the molecule is CN1c2cc3ccccc3c(Oc3ccccc3)c2N(C)c2cccc(Oc3ccccc3)c21. The standard InChI is InChI=1S/C30H24N2O2/c1-31-25-18-11-19-27(33-22-13-5-3-6-14-22)28(25)32(2)26-20-21-12-9-10-17-24(21)30(29(26)31)34-23-15-7-4-8-16-23/h3-20H,1-2H3. The maximum absolute atomic E-state index is 6.55. The molecule has 0 spiro atoms. The minimum Gasteiger partial charge on any atom is -0.455 e. The van der Waals surface area contributed by atoms with Crippen LogP contribution >= 0.6 is 0 Å². The average Bonchev–Trinajstić information content (AvgIpc) is 2.88. The van der Waals surface area contributed by atoms with E-state index in [1.54, 1.807) is 0 Å². The zero-order valence-corrected chi connectivity index (χ0v) is 19.1. The molecule has 166 valence electrons. The highest BCUT2D eigenvalue weighted by Gasteiger charge is 2.31. The maximum atomic E-state index is 6.55. The molecule has 0 amide bonds. The van der Waals surface area contributed by atoms with Gasteiger partial charge in [0.2, 0.25) is 0 Å². The molecule has 0 saturated heterocycles. The zero-order chi connectivity index (χ0) is 23.1. The van der Waals surface area contributed by atoms with Crippen LogP contribution in [0.2, 0.25) is 0 Å². The van der Waals surface area contributed by atoms with Crippen LogP contribution in [0.1, 0.15) is 0 Å². The minimum absolute atomic E-state index is 0.808. The summed E-state index contributed by atoms with van der Waals surface area (Å²) in [6.45, 7) is 0. The zero-order valence-electron chi connectivity index (χ0n) is 19.1. The number of hydrogen-bond acceptors (Lipinski definition) is 4. The molecule has 4 heteroatoms. The molecule has 5 aromatic rings. The summed E-state index contributed by atoms with van der Waals surface area (Å²) in [5.41, 5.74) is 4.15. The van der Waals surface area contributed by atoms with Crippen molar-refractivity contribution in [3.63, 3.8) is 0 Å². The summed E-state index contributed by atoms with van der Waals surface area (Å²) >= 11 is 0. The molecule has 0 radical (unpaired) electrons. The summed E-state index contributed by atoms with van der Waals surface area (Å²) in [6, 6.07) is 36.6. The van der Waals surface area contributed by atoms with Gasteiger partial charge in [0.15, 0.2) is 11.5 Å². The summed E-state index contributed by atoms with van der Waals surface area (Å²) < 4.78 is 12.9. The van der Waals surface area contributed by atoms with Gasteiger partial charge >= 0.3 is 0 Å². The molecule has 0 atom stereocenters. The van der Waals surface area contributed by atoms with Crippen molar-refractivity contribution in [2.45, 2.75) is 0 Å². The largest absolute Gasteiger partial charge is 0.455 e. The fourth-order valence-corrected chi connectivity index (χ4v) is 4.64. The summed E-state index contributed by atoms with van der Waals surface area (Å²) in [4.78, 5) is 4.40. The molecule has 0 aromatic heterocycles. The van der Waals surface area contributed by atoms with E-state index in [4.69, 9.17) is 9.47 Å². The van der Waals surface area contributed by atoms with E-state index in [2.05, 4.69) is 60.3 Å². The lowest BCUT2D eigenvalue weighted by Gasteiger charge is -2.38. The van der Waals surface area contributed by atoms with Crippen LogP contribution in [0.3, 0.4) is 0 Å². The molecule has 0 fully saturated rings. The lowest BCUT2D eigenvalue weighted by Crippen LogP contribution is -2.25. The second kappa shape index (κ2) is 8.16. The van der Waals surface area contributed by atoms with Crippen molar-refractivity contribution in [1.82, 2.24) is 0 Å². The van der Waals surface area contributed by atoms with Gasteiger partial charge in [-0.25, -0.2) is 0 Å². The molecule has 1 heterocycles. The first-order valence-electron chi connectivity index (χ1n) is 11.3. The number of para-hydroxylation sites is 3. The van der Waals surface area contributed by atoms with E-state index < -0.39 is 0 Å². The Morgan fingerprint density at radius 2 is 1.15 bits per heavy atom.